The number of nitrogens with two attached hydrogens (primary N) is 1. The van der Waals surface area contributed by atoms with Crippen molar-refractivity contribution in [3.63, 3.8) is 0 Å². The van der Waals surface area contributed by atoms with Gasteiger partial charge in [0.2, 0.25) is 10.0 Å². The summed E-state index contributed by atoms with van der Waals surface area (Å²) in [6.07, 6.45) is 3.85. The lowest BCUT2D eigenvalue weighted by Gasteiger charge is -2.28. The molecule has 0 amide bonds. The Kier molecular flexibility index (Phi) is 4.74. The van der Waals surface area contributed by atoms with Gasteiger partial charge in [-0.05, 0) is 12.8 Å². The molecule has 6 nitrogen and oxygen atoms in total. The number of sulfonamides is 1. The molecule has 0 spiro atoms. The summed E-state index contributed by atoms with van der Waals surface area (Å²) >= 11 is 4.93. The molecular weight excluding hydrogens is 296 g/mol. The molecule has 106 valence electrons. The van der Waals surface area contributed by atoms with Crippen molar-refractivity contribution in [3.8, 4) is 0 Å². The van der Waals surface area contributed by atoms with Gasteiger partial charge >= 0.3 is 0 Å². The van der Waals surface area contributed by atoms with Crippen LogP contribution in [0, 0.1) is 0 Å². The van der Waals surface area contributed by atoms with E-state index in [2.05, 4.69) is 4.72 Å². The van der Waals surface area contributed by atoms with E-state index in [4.69, 9.17) is 18.0 Å². The lowest BCUT2D eigenvalue weighted by Crippen LogP contribution is -2.55. The third kappa shape index (κ3) is 4.45. The summed E-state index contributed by atoms with van der Waals surface area (Å²) in [5, 5.41) is 0. The minimum absolute atomic E-state index is 0.128. The molecule has 0 aromatic rings. The Hall–Kier alpha value is -0.250. The van der Waals surface area contributed by atoms with Gasteiger partial charge in [0.05, 0.1) is 22.0 Å². The van der Waals surface area contributed by atoms with E-state index in [1.165, 1.54) is 0 Å². The van der Waals surface area contributed by atoms with Crippen molar-refractivity contribution in [2.45, 2.75) is 31.2 Å². The molecule has 1 fully saturated rings. The highest BCUT2D eigenvalue weighted by atomic mass is 32.2. The minimum atomic E-state index is -3.70. The molecule has 0 aromatic heterocycles. The quantitative estimate of drug-likeness (QED) is 0.643. The molecule has 1 saturated carbocycles. The number of thiocarbonyl (C=S) groups is 1. The highest BCUT2D eigenvalue weighted by molar-refractivity contribution is 7.93. The molecule has 1 rings (SSSR count). The van der Waals surface area contributed by atoms with Crippen molar-refractivity contribution in [1.29, 1.82) is 0 Å². The number of hydrogen-bond acceptors (Lipinski definition) is 5. The smallest absolute Gasteiger partial charge is 0.213 e. The van der Waals surface area contributed by atoms with Crippen LogP contribution in [0.5, 0.6) is 0 Å². The minimum Gasteiger partial charge on any atom is -0.392 e. The molecule has 0 bridgehead atoms. The normalized spacial score (nSPS) is 19.8. The average molecular weight is 314 g/mol. The first-order chi connectivity index (χ1) is 8.06. The largest absolute Gasteiger partial charge is 0.392 e. The number of nitrogens with one attached hydrogen (secondary N) is 1. The van der Waals surface area contributed by atoms with Crippen molar-refractivity contribution in [1.82, 2.24) is 4.72 Å². The van der Waals surface area contributed by atoms with Crippen LogP contribution in [0.2, 0.25) is 0 Å². The zero-order valence-corrected chi connectivity index (χ0v) is 12.6. The van der Waals surface area contributed by atoms with Crippen LogP contribution in [0.25, 0.3) is 0 Å². The predicted octanol–water partition coefficient (Wildman–Crippen LogP) is -0.451. The fourth-order valence-corrected chi connectivity index (χ4v) is 5.41. The maximum absolute atomic E-state index is 11.9. The first kappa shape index (κ1) is 15.8. The molecule has 18 heavy (non-hydrogen) atoms. The fraction of sp³-hybridized carbons (Fsp3) is 0.889. The van der Waals surface area contributed by atoms with Crippen molar-refractivity contribution in [2.75, 3.05) is 17.8 Å². The SMILES string of the molecule is CS(=O)(=O)CCS(=O)(=O)NC1(C(N)=S)CCCC1. The summed E-state index contributed by atoms with van der Waals surface area (Å²) in [7, 11) is -7.01. The third-order valence-electron chi connectivity index (χ3n) is 3.00. The maximum atomic E-state index is 11.9. The van der Waals surface area contributed by atoms with E-state index in [1.54, 1.807) is 0 Å². The van der Waals surface area contributed by atoms with Gasteiger partial charge < -0.3 is 5.73 Å². The van der Waals surface area contributed by atoms with Crippen molar-refractivity contribution in [2.24, 2.45) is 5.73 Å². The molecule has 0 aliphatic heterocycles. The molecule has 1 aliphatic carbocycles. The number of sulfone groups is 1. The molecule has 3 N–H and O–H groups in total. The lowest BCUT2D eigenvalue weighted by molar-refractivity contribution is 0.503. The Balaban J connectivity index is 2.78. The topological polar surface area (TPSA) is 106 Å². The van der Waals surface area contributed by atoms with Crippen LogP contribution < -0.4 is 10.5 Å². The zero-order valence-electron chi connectivity index (χ0n) is 10.2. The summed E-state index contributed by atoms with van der Waals surface area (Å²) in [4.78, 5) is 0.128. The molecule has 0 unspecified atom stereocenters. The monoisotopic (exact) mass is 314 g/mol. The first-order valence-electron chi connectivity index (χ1n) is 5.56. The molecule has 1 aliphatic rings. The van der Waals surface area contributed by atoms with Gasteiger partial charge in [-0.2, -0.15) is 0 Å². The van der Waals surface area contributed by atoms with Crippen LogP contribution in [0.4, 0.5) is 0 Å². The van der Waals surface area contributed by atoms with E-state index in [-0.39, 0.29) is 4.99 Å². The van der Waals surface area contributed by atoms with E-state index in [1.807, 2.05) is 0 Å². The van der Waals surface area contributed by atoms with E-state index in [0.29, 0.717) is 12.8 Å². The Labute approximate surface area is 113 Å². The second-order valence-corrected chi connectivity index (χ2v) is 9.25. The fourth-order valence-electron chi connectivity index (χ4n) is 1.99. The molecule has 9 heteroatoms. The standard InChI is InChI=1S/C9H18N2O4S3/c1-17(12,13)6-7-18(14,15)11-9(8(10)16)4-2-3-5-9/h11H,2-7H2,1H3,(H2,10,16). The average Bonchev–Trinajstić information content (AvgIpc) is 2.63. The Morgan fingerprint density at radius 1 is 1.22 bits per heavy atom. The Morgan fingerprint density at radius 3 is 2.11 bits per heavy atom. The summed E-state index contributed by atoms with van der Waals surface area (Å²) in [5.41, 5.74) is 4.74. The third-order valence-corrected chi connectivity index (χ3v) is 6.04. The number of rotatable bonds is 6. The molecular formula is C9H18N2O4S3. The second-order valence-electron chi connectivity index (χ2n) is 4.70. The van der Waals surface area contributed by atoms with Gasteiger partial charge in [0.1, 0.15) is 9.84 Å². The van der Waals surface area contributed by atoms with Gasteiger partial charge in [0, 0.05) is 6.26 Å². The maximum Gasteiger partial charge on any atom is 0.213 e. The van der Waals surface area contributed by atoms with Gasteiger partial charge in [-0.3, -0.25) is 0 Å². The Morgan fingerprint density at radius 2 is 1.72 bits per heavy atom. The van der Waals surface area contributed by atoms with Crippen LogP contribution in [0.3, 0.4) is 0 Å². The van der Waals surface area contributed by atoms with Gasteiger partial charge in [0.15, 0.2) is 0 Å². The zero-order chi connectivity index (χ0) is 14.0. The van der Waals surface area contributed by atoms with E-state index in [0.717, 1.165) is 19.1 Å². The summed E-state index contributed by atoms with van der Waals surface area (Å²) in [6.45, 7) is 0. The van der Waals surface area contributed by atoms with Gasteiger partial charge in [-0.15, -0.1) is 0 Å². The second kappa shape index (κ2) is 5.40. The van der Waals surface area contributed by atoms with Gasteiger partial charge in [-0.1, -0.05) is 25.1 Å². The van der Waals surface area contributed by atoms with Crippen molar-refractivity contribution in [3.05, 3.63) is 0 Å². The molecule has 0 aromatic carbocycles. The van der Waals surface area contributed by atoms with Crippen LogP contribution in [-0.4, -0.2) is 45.1 Å². The van der Waals surface area contributed by atoms with Crippen LogP contribution in [0.15, 0.2) is 0 Å². The summed E-state index contributed by atoms with van der Waals surface area (Å²) in [6, 6.07) is 0. The van der Waals surface area contributed by atoms with Crippen LogP contribution in [0.1, 0.15) is 25.7 Å². The van der Waals surface area contributed by atoms with Crippen LogP contribution in [-0.2, 0) is 19.9 Å². The summed E-state index contributed by atoms with van der Waals surface area (Å²) < 4.78 is 48.2. The van der Waals surface area contributed by atoms with Gasteiger partial charge in [0.25, 0.3) is 0 Å². The summed E-state index contributed by atoms with van der Waals surface area (Å²) in [5.74, 6) is -0.869. The molecule has 0 radical (unpaired) electrons. The highest BCUT2D eigenvalue weighted by Gasteiger charge is 2.40. The predicted molar refractivity (Wildman–Crippen MR) is 74.6 cm³/mol. The number of hydrogen-bond donors (Lipinski definition) is 2. The van der Waals surface area contributed by atoms with Crippen LogP contribution >= 0.6 is 12.2 Å². The first-order valence-corrected chi connectivity index (χ1v) is 9.68. The van der Waals surface area contributed by atoms with Gasteiger partial charge in [-0.25, -0.2) is 21.6 Å². The van der Waals surface area contributed by atoms with E-state index < -0.39 is 36.9 Å². The van der Waals surface area contributed by atoms with Crippen molar-refractivity contribution < 1.29 is 16.8 Å². The van der Waals surface area contributed by atoms with Crippen molar-refractivity contribution >= 4 is 37.1 Å². The molecule has 0 saturated heterocycles. The van der Waals surface area contributed by atoms with E-state index in [9.17, 15) is 16.8 Å². The molecule has 0 atom stereocenters. The van der Waals surface area contributed by atoms with E-state index >= 15 is 0 Å². The molecule has 0 heterocycles. The Bertz CT molecular complexity index is 518. The lowest BCUT2D eigenvalue weighted by atomic mass is 10.00. The highest BCUT2D eigenvalue weighted by Crippen LogP contribution is 2.30.